The molecule has 5 nitrogen and oxygen atoms in total. The van der Waals surface area contributed by atoms with Gasteiger partial charge in [-0.2, -0.15) is 4.98 Å². The van der Waals surface area contributed by atoms with Gasteiger partial charge in [0, 0.05) is 31.9 Å². The SMILES string of the molecule is CC(C)CCNc1ccnc(N2CCC(N)CC2)n1. The van der Waals surface area contributed by atoms with Crippen molar-refractivity contribution in [3.05, 3.63) is 12.3 Å². The molecule has 0 radical (unpaired) electrons. The second kappa shape index (κ2) is 6.70. The second-order valence-electron chi connectivity index (χ2n) is 5.68. The van der Waals surface area contributed by atoms with Gasteiger partial charge in [-0.1, -0.05) is 13.8 Å². The van der Waals surface area contributed by atoms with E-state index in [1.54, 1.807) is 0 Å². The molecule has 3 N–H and O–H groups in total. The molecule has 0 aliphatic carbocycles. The zero-order chi connectivity index (χ0) is 13.7. The molecule has 1 aromatic rings. The van der Waals surface area contributed by atoms with Gasteiger partial charge in [0.15, 0.2) is 0 Å². The van der Waals surface area contributed by atoms with Crippen molar-refractivity contribution in [1.29, 1.82) is 0 Å². The Balaban J connectivity index is 1.91. The van der Waals surface area contributed by atoms with Gasteiger partial charge in [0.05, 0.1) is 0 Å². The number of rotatable bonds is 5. The third kappa shape index (κ3) is 4.35. The van der Waals surface area contributed by atoms with E-state index in [1.165, 1.54) is 0 Å². The van der Waals surface area contributed by atoms with Crippen LogP contribution in [0.4, 0.5) is 11.8 Å². The van der Waals surface area contributed by atoms with Crippen LogP contribution in [0.5, 0.6) is 0 Å². The van der Waals surface area contributed by atoms with Crippen LogP contribution in [0.15, 0.2) is 12.3 Å². The van der Waals surface area contributed by atoms with E-state index in [4.69, 9.17) is 5.73 Å². The van der Waals surface area contributed by atoms with Gasteiger partial charge in [-0.15, -0.1) is 0 Å². The molecule has 1 aliphatic heterocycles. The van der Waals surface area contributed by atoms with Crippen LogP contribution in [-0.4, -0.2) is 35.6 Å². The third-order valence-electron chi connectivity index (χ3n) is 3.49. The Hall–Kier alpha value is -1.36. The highest BCUT2D eigenvalue weighted by atomic mass is 15.3. The van der Waals surface area contributed by atoms with Crippen molar-refractivity contribution in [3.63, 3.8) is 0 Å². The summed E-state index contributed by atoms with van der Waals surface area (Å²) < 4.78 is 0. The van der Waals surface area contributed by atoms with E-state index >= 15 is 0 Å². The normalized spacial score (nSPS) is 16.9. The van der Waals surface area contributed by atoms with Crippen molar-refractivity contribution in [3.8, 4) is 0 Å². The van der Waals surface area contributed by atoms with Crippen molar-refractivity contribution >= 4 is 11.8 Å². The van der Waals surface area contributed by atoms with Crippen molar-refractivity contribution < 1.29 is 0 Å². The van der Waals surface area contributed by atoms with Gasteiger partial charge in [-0.3, -0.25) is 0 Å². The summed E-state index contributed by atoms with van der Waals surface area (Å²) in [6.45, 7) is 7.32. The molecule has 0 spiro atoms. The van der Waals surface area contributed by atoms with Crippen LogP contribution in [0.25, 0.3) is 0 Å². The Labute approximate surface area is 115 Å². The highest BCUT2D eigenvalue weighted by Gasteiger charge is 2.18. The molecule has 1 saturated heterocycles. The zero-order valence-electron chi connectivity index (χ0n) is 12.0. The molecule has 5 heteroatoms. The van der Waals surface area contributed by atoms with Gasteiger partial charge in [0.2, 0.25) is 5.95 Å². The fourth-order valence-corrected chi connectivity index (χ4v) is 2.19. The topological polar surface area (TPSA) is 67.1 Å². The fourth-order valence-electron chi connectivity index (χ4n) is 2.19. The summed E-state index contributed by atoms with van der Waals surface area (Å²) in [5.74, 6) is 2.44. The summed E-state index contributed by atoms with van der Waals surface area (Å²) in [7, 11) is 0. The smallest absolute Gasteiger partial charge is 0.227 e. The first-order valence-electron chi connectivity index (χ1n) is 7.22. The van der Waals surface area contributed by atoms with Gasteiger partial charge >= 0.3 is 0 Å². The van der Waals surface area contributed by atoms with E-state index in [-0.39, 0.29) is 0 Å². The largest absolute Gasteiger partial charge is 0.370 e. The number of hydrogen-bond donors (Lipinski definition) is 2. The van der Waals surface area contributed by atoms with Crippen LogP contribution in [0.1, 0.15) is 33.1 Å². The number of piperidine rings is 1. The zero-order valence-corrected chi connectivity index (χ0v) is 12.0. The maximum Gasteiger partial charge on any atom is 0.227 e. The predicted molar refractivity (Wildman–Crippen MR) is 79.4 cm³/mol. The summed E-state index contributed by atoms with van der Waals surface area (Å²) in [6.07, 6.45) is 5.02. The first-order chi connectivity index (χ1) is 9.15. The minimum absolute atomic E-state index is 0.337. The first-order valence-corrected chi connectivity index (χ1v) is 7.22. The Morgan fingerprint density at radius 2 is 2.16 bits per heavy atom. The standard InChI is InChI=1S/C14H25N5/c1-11(2)3-7-16-13-4-8-17-14(18-13)19-9-5-12(15)6-10-19/h4,8,11-12H,3,5-7,9-10,15H2,1-2H3,(H,16,17,18). The van der Waals surface area contributed by atoms with E-state index in [9.17, 15) is 0 Å². The molecule has 19 heavy (non-hydrogen) atoms. The lowest BCUT2D eigenvalue weighted by molar-refractivity contribution is 0.495. The maximum atomic E-state index is 5.92. The number of anilines is 2. The highest BCUT2D eigenvalue weighted by Crippen LogP contribution is 2.16. The second-order valence-corrected chi connectivity index (χ2v) is 5.68. The molecule has 2 rings (SSSR count). The molecule has 0 atom stereocenters. The number of nitrogens with two attached hydrogens (primary N) is 1. The molecular formula is C14H25N5. The minimum Gasteiger partial charge on any atom is -0.370 e. The van der Waals surface area contributed by atoms with Crippen LogP contribution in [-0.2, 0) is 0 Å². The van der Waals surface area contributed by atoms with E-state index in [0.29, 0.717) is 12.0 Å². The van der Waals surface area contributed by atoms with Crippen molar-refractivity contribution in [1.82, 2.24) is 9.97 Å². The predicted octanol–water partition coefficient (Wildman–Crippen LogP) is 1.86. The van der Waals surface area contributed by atoms with Crippen molar-refractivity contribution in [2.45, 2.75) is 39.2 Å². The third-order valence-corrected chi connectivity index (χ3v) is 3.49. The molecule has 0 amide bonds. The van der Waals surface area contributed by atoms with E-state index in [0.717, 1.165) is 50.7 Å². The Kier molecular flexibility index (Phi) is 4.96. The van der Waals surface area contributed by atoms with Crippen molar-refractivity contribution in [2.24, 2.45) is 11.7 Å². The molecule has 1 fully saturated rings. The first kappa shape index (κ1) is 14.1. The number of hydrogen-bond acceptors (Lipinski definition) is 5. The average molecular weight is 263 g/mol. The van der Waals surface area contributed by atoms with E-state index in [1.807, 2.05) is 12.3 Å². The van der Waals surface area contributed by atoms with Gasteiger partial charge in [0.1, 0.15) is 5.82 Å². The Bertz CT molecular complexity index is 385. The van der Waals surface area contributed by atoms with E-state index in [2.05, 4.69) is 34.0 Å². The summed E-state index contributed by atoms with van der Waals surface area (Å²) in [4.78, 5) is 11.2. The Morgan fingerprint density at radius 3 is 2.84 bits per heavy atom. The average Bonchev–Trinajstić information content (AvgIpc) is 2.39. The molecule has 1 aliphatic rings. The van der Waals surface area contributed by atoms with Crippen molar-refractivity contribution in [2.75, 3.05) is 29.9 Å². The van der Waals surface area contributed by atoms with Crippen LogP contribution >= 0.6 is 0 Å². The summed E-state index contributed by atoms with van der Waals surface area (Å²) in [6, 6.07) is 2.27. The lowest BCUT2D eigenvalue weighted by atomic mass is 10.1. The Morgan fingerprint density at radius 1 is 1.42 bits per heavy atom. The quantitative estimate of drug-likeness (QED) is 0.849. The van der Waals surface area contributed by atoms with Gasteiger partial charge in [-0.05, 0) is 31.2 Å². The monoisotopic (exact) mass is 263 g/mol. The van der Waals surface area contributed by atoms with Crippen LogP contribution in [0.2, 0.25) is 0 Å². The lowest BCUT2D eigenvalue weighted by Gasteiger charge is -2.30. The summed E-state index contributed by atoms with van der Waals surface area (Å²) >= 11 is 0. The molecule has 106 valence electrons. The molecule has 0 bridgehead atoms. The molecule has 0 unspecified atom stereocenters. The van der Waals surface area contributed by atoms with Crippen LogP contribution in [0, 0.1) is 5.92 Å². The molecule has 0 aromatic carbocycles. The summed E-state index contributed by atoms with van der Waals surface area (Å²) in [5, 5.41) is 3.36. The summed E-state index contributed by atoms with van der Waals surface area (Å²) in [5.41, 5.74) is 5.92. The minimum atomic E-state index is 0.337. The molecule has 2 heterocycles. The molecule has 0 saturated carbocycles. The van der Waals surface area contributed by atoms with Crippen LogP contribution in [0.3, 0.4) is 0 Å². The fraction of sp³-hybridized carbons (Fsp3) is 0.714. The number of nitrogens with zero attached hydrogens (tertiary/aromatic N) is 3. The molecule has 1 aromatic heterocycles. The van der Waals surface area contributed by atoms with Gasteiger partial charge in [0.25, 0.3) is 0 Å². The maximum absolute atomic E-state index is 5.92. The van der Waals surface area contributed by atoms with Gasteiger partial charge < -0.3 is 16.0 Å². The number of nitrogens with one attached hydrogen (secondary N) is 1. The van der Waals surface area contributed by atoms with Gasteiger partial charge in [-0.25, -0.2) is 4.98 Å². The van der Waals surface area contributed by atoms with Crippen LogP contribution < -0.4 is 16.0 Å². The lowest BCUT2D eigenvalue weighted by Crippen LogP contribution is -2.40. The highest BCUT2D eigenvalue weighted by molar-refractivity contribution is 5.41. The van der Waals surface area contributed by atoms with E-state index < -0.39 is 0 Å². The number of aromatic nitrogens is 2. The molecular weight excluding hydrogens is 238 g/mol.